The van der Waals surface area contributed by atoms with Crippen molar-refractivity contribution in [3.05, 3.63) is 29.1 Å². The SMILES string of the molecule is CCNC(c1ncc(C)cc1C)C1CCCC1. The molecule has 1 aliphatic rings. The minimum Gasteiger partial charge on any atom is -0.309 e. The van der Waals surface area contributed by atoms with E-state index in [4.69, 9.17) is 0 Å². The van der Waals surface area contributed by atoms with Crippen molar-refractivity contribution < 1.29 is 0 Å². The maximum absolute atomic E-state index is 4.68. The molecule has 0 radical (unpaired) electrons. The van der Waals surface area contributed by atoms with Crippen molar-refractivity contribution in [2.45, 2.75) is 52.5 Å². The van der Waals surface area contributed by atoms with Crippen molar-refractivity contribution in [3.63, 3.8) is 0 Å². The lowest BCUT2D eigenvalue weighted by Gasteiger charge is -2.25. The predicted molar refractivity (Wildman–Crippen MR) is 72.1 cm³/mol. The van der Waals surface area contributed by atoms with Gasteiger partial charge in [0, 0.05) is 6.20 Å². The third-order valence-corrected chi connectivity index (χ3v) is 3.85. The lowest BCUT2D eigenvalue weighted by atomic mass is 9.92. The van der Waals surface area contributed by atoms with E-state index in [1.54, 1.807) is 0 Å². The number of hydrogen-bond acceptors (Lipinski definition) is 2. The van der Waals surface area contributed by atoms with Gasteiger partial charge < -0.3 is 5.32 Å². The topological polar surface area (TPSA) is 24.9 Å². The van der Waals surface area contributed by atoms with Crippen molar-refractivity contribution >= 4 is 0 Å². The first kappa shape index (κ1) is 12.6. The summed E-state index contributed by atoms with van der Waals surface area (Å²) in [4.78, 5) is 4.68. The lowest BCUT2D eigenvalue weighted by Crippen LogP contribution is -2.28. The Labute approximate surface area is 105 Å². The summed E-state index contributed by atoms with van der Waals surface area (Å²) in [5, 5.41) is 3.64. The van der Waals surface area contributed by atoms with Crippen molar-refractivity contribution in [2.75, 3.05) is 6.54 Å². The highest BCUT2D eigenvalue weighted by molar-refractivity contribution is 5.26. The molecular formula is C15H24N2. The van der Waals surface area contributed by atoms with Gasteiger partial charge in [0.15, 0.2) is 0 Å². The summed E-state index contributed by atoms with van der Waals surface area (Å²) in [7, 11) is 0. The van der Waals surface area contributed by atoms with Gasteiger partial charge in [0.1, 0.15) is 0 Å². The molecule has 0 spiro atoms. The fraction of sp³-hybridized carbons (Fsp3) is 0.667. The van der Waals surface area contributed by atoms with E-state index in [1.165, 1.54) is 42.5 Å². The van der Waals surface area contributed by atoms with Gasteiger partial charge in [-0.25, -0.2) is 0 Å². The van der Waals surface area contributed by atoms with Gasteiger partial charge in [-0.1, -0.05) is 25.8 Å². The molecule has 1 aliphatic carbocycles. The minimum atomic E-state index is 0.461. The summed E-state index contributed by atoms with van der Waals surface area (Å²) in [5.74, 6) is 0.781. The third kappa shape index (κ3) is 2.86. The molecule has 94 valence electrons. The first-order valence-corrected chi connectivity index (χ1v) is 6.89. The zero-order valence-electron chi connectivity index (χ0n) is 11.3. The molecule has 0 bridgehead atoms. The lowest BCUT2D eigenvalue weighted by molar-refractivity contribution is 0.366. The third-order valence-electron chi connectivity index (χ3n) is 3.85. The van der Waals surface area contributed by atoms with E-state index in [-0.39, 0.29) is 0 Å². The van der Waals surface area contributed by atoms with Gasteiger partial charge in [0.2, 0.25) is 0 Å². The van der Waals surface area contributed by atoms with Gasteiger partial charge in [-0.05, 0) is 50.3 Å². The molecule has 0 aliphatic heterocycles. The molecule has 1 atom stereocenters. The average molecular weight is 232 g/mol. The normalized spacial score (nSPS) is 18.5. The fourth-order valence-electron chi connectivity index (χ4n) is 3.05. The Morgan fingerprint density at radius 3 is 2.65 bits per heavy atom. The molecule has 0 saturated heterocycles. The van der Waals surface area contributed by atoms with Crippen LogP contribution in [-0.2, 0) is 0 Å². The van der Waals surface area contributed by atoms with Crippen molar-refractivity contribution in [3.8, 4) is 0 Å². The summed E-state index contributed by atoms with van der Waals surface area (Å²) in [6, 6.07) is 2.71. The molecule has 1 aromatic rings. The Hall–Kier alpha value is -0.890. The molecule has 0 amide bonds. The van der Waals surface area contributed by atoms with Crippen LogP contribution in [0, 0.1) is 19.8 Å². The van der Waals surface area contributed by atoms with E-state index in [0.717, 1.165) is 12.5 Å². The average Bonchev–Trinajstić information content (AvgIpc) is 2.80. The Bertz CT molecular complexity index is 367. The highest BCUT2D eigenvalue weighted by Crippen LogP contribution is 2.35. The minimum absolute atomic E-state index is 0.461. The zero-order valence-corrected chi connectivity index (χ0v) is 11.3. The van der Waals surface area contributed by atoms with Gasteiger partial charge in [-0.15, -0.1) is 0 Å². The molecule has 1 fully saturated rings. The second-order valence-electron chi connectivity index (χ2n) is 5.29. The second kappa shape index (κ2) is 5.63. The zero-order chi connectivity index (χ0) is 12.3. The van der Waals surface area contributed by atoms with E-state index in [9.17, 15) is 0 Å². The van der Waals surface area contributed by atoms with Crippen LogP contribution in [0.3, 0.4) is 0 Å². The number of rotatable bonds is 4. The molecule has 1 N–H and O–H groups in total. The molecule has 0 aromatic carbocycles. The summed E-state index contributed by atoms with van der Waals surface area (Å²) >= 11 is 0. The summed E-state index contributed by atoms with van der Waals surface area (Å²) in [5.41, 5.74) is 3.86. The summed E-state index contributed by atoms with van der Waals surface area (Å²) in [6.07, 6.45) is 7.48. The number of nitrogens with zero attached hydrogens (tertiary/aromatic N) is 1. The second-order valence-corrected chi connectivity index (χ2v) is 5.29. The number of aryl methyl sites for hydroxylation is 2. The number of nitrogens with one attached hydrogen (secondary N) is 1. The van der Waals surface area contributed by atoms with Crippen LogP contribution >= 0.6 is 0 Å². The molecule has 1 unspecified atom stereocenters. The van der Waals surface area contributed by atoms with Gasteiger partial charge in [-0.2, -0.15) is 0 Å². The fourth-order valence-corrected chi connectivity index (χ4v) is 3.05. The van der Waals surface area contributed by atoms with Crippen molar-refractivity contribution in [1.82, 2.24) is 10.3 Å². The Balaban J connectivity index is 2.24. The Kier molecular flexibility index (Phi) is 4.16. The smallest absolute Gasteiger partial charge is 0.0605 e. The van der Waals surface area contributed by atoms with Crippen LogP contribution in [0.2, 0.25) is 0 Å². The monoisotopic (exact) mass is 232 g/mol. The molecule has 2 nitrogen and oxygen atoms in total. The number of hydrogen-bond donors (Lipinski definition) is 1. The van der Waals surface area contributed by atoms with Crippen molar-refractivity contribution in [1.29, 1.82) is 0 Å². The molecule has 17 heavy (non-hydrogen) atoms. The molecule has 2 rings (SSSR count). The predicted octanol–water partition coefficient (Wildman–Crippen LogP) is 3.54. The van der Waals surface area contributed by atoms with Crippen LogP contribution in [0.25, 0.3) is 0 Å². The highest BCUT2D eigenvalue weighted by atomic mass is 14.9. The standard InChI is InChI=1S/C15H24N2/c1-4-16-15(13-7-5-6-8-13)14-12(3)9-11(2)10-17-14/h9-10,13,15-16H,4-8H2,1-3H3. The molecule has 2 heteroatoms. The van der Waals surface area contributed by atoms with E-state index in [0.29, 0.717) is 6.04 Å². The van der Waals surface area contributed by atoms with Crippen LogP contribution in [-0.4, -0.2) is 11.5 Å². The molecule has 1 saturated carbocycles. The molecule has 1 aromatic heterocycles. The maximum Gasteiger partial charge on any atom is 0.0605 e. The van der Waals surface area contributed by atoms with E-state index < -0.39 is 0 Å². The first-order chi connectivity index (χ1) is 8.22. The number of aromatic nitrogens is 1. The Morgan fingerprint density at radius 1 is 1.35 bits per heavy atom. The van der Waals surface area contributed by atoms with E-state index in [2.05, 4.69) is 37.1 Å². The van der Waals surface area contributed by atoms with Gasteiger partial charge >= 0.3 is 0 Å². The van der Waals surface area contributed by atoms with Crippen LogP contribution in [0.5, 0.6) is 0 Å². The summed E-state index contributed by atoms with van der Waals surface area (Å²) in [6.45, 7) is 7.51. The Morgan fingerprint density at radius 2 is 2.06 bits per heavy atom. The summed E-state index contributed by atoms with van der Waals surface area (Å²) < 4.78 is 0. The van der Waals surface area contributed by atoms with Crippen LogP contribution in [0.15, 0.2) is 12.3 Å². The largest absolute Gasteiger partial charge is 0.309 e. The van der Waals surface area contributed by atoms with E-state index >= 15 is 0 Å². The molecular weight excluding hydrogens is 208 g/mol. The first-order valence-electron chi connectivity index (χ1n) is 6.89. The quantitative estimate of drug-likeness (QED) is 0.859. The number of pyridine rings is 1. The van der Waals surface area contributed by atoms with Crippen LogP contribution in [0.4, 0.5) is 0 Å². The van der Waals surface area contributed by atoms with Crippen LogP contribution in [0.1, 0.15) is 55.5 Å². The van der Waals surface area contributed by atoms with Gasteiger partial charge in [0.25, 0.3) is 0 Å². The van der Waals surface area contributed by atoms with Crippen molar-refractivity contribution in [2.24, 2.45) is 5.92 Å². The van der Waals surface area contributed by atoms with E-state index in [1.807, 2.05) is 6.20 Å². The van der Waals surface area contributed by atoms with Gasteiger partial charge in [0.05, 0.1) is 11.7 Å². The van der Waals surface area contributed by atoms with Gasteiger partial charge in [-0.3, -0.25) is 4.98 Å². The van der Waals surface area contributed by atoms with Crippen LogP contribution < -0.4 is 5.32 Å². The molecule has 1 heterocycles. The maximum atomic E-state index is 4.68. The highest BCUT2D eigenvalue weighted by Gasteiger charge is 2.27.